The fourth-order valence-corrected chi connectivity index (χ4v) is 5.34. The second-order valence-electron chi connectivity index (χ2n) is 9.17. The molecule has 0 bridgehead atoms. The van der Waals surface area contributed by atoms with Gasteiger partial charge in [0, 0.05) is 25.2 Å². The molecule has 5 rings (SSSR count). The number of nitrogens with one attached hydrogen (secondary N) is 1. The van der Waals surface area contributed by atoms with Crippen LogP contribution in [0.4, 0.5) is 11.6 Å². The quantitative estimate of drug-likeness (QED) is 0.761. The van der Waals surface area contributed by atoms with Gasteiger partial charge in [0.2, 0.25) is 0 Å². The third kappa shape index (κ3) is 4.31. The van der Waals surface area contributed by atoms with Gasteiger partial charge >= 0.3 is 0 Å². The molecule has 1 saturated carbocycles. The molecule has 31 heavy (non-hydrogen) atoms. The van der Waals surface area contributed by atoms with Crippen molar-refractivity contribution >= 4 is 11.6 Å². The Kier molecular flexibility index (Phi) is 5.89. The third-order valence-corrected chi connectivity index (χ3v) is 7.08. The topological polar surface area (TPSA) is 96.2 Å². The predicted octanol–water partition coefficient (Wildman–Crippen LogP) is 2.47. The monoisotopic (exact) mass is 424 g/mol. The molecule has 3 aliphatic rings. The lowest BCUT2D eigenvalue weighted by Gasteiger charge is -2.37. The highest BCUT2D eigenvalue weighted by Crippen LogP contribution is 2.29. The van der Waals surface area contributed by atoms with Gasteiger partial charge in [-0.05, 0) is 69.1 Å². The van der Waals surface area contributed by atoms with E-state index in [0.29, 0.717) is 0 Å². The minimum absolute atomic E-state index is 0.130. The lowest BCUT2D eigenvalue weighted by Crippen LogP contribution is -2.45. The van der Waals surface area contributed by atoms with Gasteiger partial charge in [0.1, 0.15) is 11.6 Å². The second kappa shape index (κ2) is 8.94. The van der Waals surface area contributed by atoms with E-state index in [9.17, 15) is 9.90 Å². The molecule has 3 heterocycles. The smallest absolute Gasteiger partial charge is 0.267 e. The molecule has 0 radical (unpaired) electrons. The molecule has 8 nitrogen and oxygen atoms in total. The van der Waals surface area contributed by atoms with E-state index in [-0.39, 0.29) is 17.6 Å². The van der Waals surface area contributed by atoms with Crippen LogP contribution in [0.2, 0.25) is 0 Å². The molecule has 2 fully saturated rings. The molecule has 1 saturated heterocycles. The Balaban J connectivity index is 1.33. The molecule has 8 heteroatoms. The molecule has 2 N–H and O–H groups in total. The van der Waals surface area contributed by atoms with Crippen molar-refractivity contribution in [2.45, 2.75) is 82.4 Å². The summed E-state index contributed by atoms with van der Waals surface area (Å²) < 4.78 is 1.53. The maximum atomic E-state index is 12.5. The van der Waals surface area contributed by atoms with Gasteiger partial charge in [-0.15, -0.1) is 5.10 Å². The van der Waals surface area contributed by atoms with E-state index in [2.05, 4.69) is 26.5 Å². The number of aryl methyl sites for hydroxylation is 2. The number of aromatic nitrogens is 4. The van der Waals surface area contributed by atoms with Gasteiger partial charge in [0.05, 0.1) is 17.8 Å². The number of fused-ring (bicyclic) bond motifs is 1. The van der Waals surface area contributed by atoms with Gasteiger partial charge in [-0.2, -0.15) is 10.2 Å². The first-order chi connectivity index (χ1) is 15.2. The predicted molar refractivity (Wildman–Crippen MR) is 120 cm³/mol. The average Bonchev–Trinajstić information content (AvgIpc) is 3.27. The van der Waals surface area contributed by atoms with Crippen molar-refractivity contribution in [3.05, 3.63) is 39.8 Å². The van der Waals surface area contributed by atoms with Crippen LogP contribution in [-0.4, -0.2) is 50.3 Å². The van der Waals surface area contributed by atoms with Crippen molar-refractivity contribution in [2.75, 3.05) is 23.3 Å². The van der Waals surface area contributed by atoms with Crippen molar-refractivity contribution in [3.63, 3.8) is 0 Å². The molecule has 2 aromatic heterocycles. The van der Waals surface area contributed by atoms with E-state index in [1.54, 1.807) is 6.07 Å². The summed E-state index contributed by atoms with van der Waals surface area (Å²) in [6.45, 7) is 1.68. The number of aliphatic hydroxyl groups is 1. The van der Waals surface area contributed by atoms with Crippen LogP contribution in [0.3, 0.4) is 0 Å². The van der Waals surface area contributed by atoms with E-state index in [1.165, 1.54) is 23.1 Å². The summed E-state index contributed by atoms with van der Waals surface area (Å²) in [5.74, 6) is 1.67. The molecule has 3 atom stereocenters. The first kappa shape index (κ1) is 20.4. The Bertz CT molecular complexity index is 977. The van der Waals surface area contributed by atoms with Gasteiger partial charge in [-0.3, -0.25) is 4.79 Å². The highest BCUT2D eigenvalue weighted by molar-refractivity contribution is 5.43. The Hall–Kier alpha value is -2.48. The van der Waals surface area contributed by atoms with E-state index < -0.39 is 6.10 Å². The van der Waals surface area contributed by atoms with Gasteiger partial charge < -0.3 is 15.3 Å². The van der Waals surface area contributed by atoms with Crippen LogP contribution < -0.4 is 15.8 Å². The molecule has 2 aliphatic carbocycles. The van der Waals surface area contributed by atoms with Crippen LogP contribution in [0.15, 0.2) is 23.0 Å². The maximum Gasteiger partial charge on any atom is 0.267 e. The van der Waals surface area contributed by atoms with Gasteiger partial charge in [-0.1, -0.05) is 12.8 Å². The van der Waals surface area contributed by atoms with Gasteiger partial charge in [-0.25, -0.2) is 4.68 Å². The second-order valence-corrected chi connectivity index (χ2v) is 9.17. The zero-order valence-electron chi connectivity index (χ0n) is 18.0. The number of hydrogen-bond donors (Lipinski definition) is 2. The lowest BCUT2D eigenvalue weighted by atomic mass is 9.93. The fourth-order valence-electron chi connectivity index (χ4n) is 5.34. The molecule has 0 spiro atoms. The molecule has 166 valence electrons. The highest BCUT2D eigenvalue weighted by Gasteiger charge is 2.29. The molecule has 1 aliphatic heterocycles. The Labute approximate surface area is 182 Å². The summed E-state index contributed by atoms with van der Waals surface area (Å²) >= 11 is 0. The Morgan fingerprint density at radius 1 is 1.03 bits per heavy atom. The minimum Gasteiger partial charge on any atom is -0.391 e. The number of hydrogen-bond acceptors (Lipinski definition) is 7. The van der Waals surface area contributed by atoms with Crippen molar-refractivity contribution in [3.8, 4) is 0 Å². The average molecular weight is 425 g/mol. The highest BCUT2D eigenvalue weighted by atomic mass is 16.3. The molecular formula is C23H32N6O2. The summed E-state index contributed by atoms with van der Waals surface area (Å²) in [5.41, 5.74) is 2.33. The number of anilines is 2. The zero-order valence-corrected chi connectivity index (χ0v) is 18.0. The Morgan fingerprint density at radius 3 is 2.81 bits per heavy atom. The van der Waals surface area contributed by atoms with Gasteiger partial charge in [0.15, 0.2) is 0 Å². The van der Waals surface area contributed by atoms with E-state index in [0.717, 1.165) is 81.8 Å². The van der Waals surface area contributed by atoms with Crippen LogP contribution >= 0.6 is 0 Å². The van der Waals surface area contributed by atoms with Crippen molar-refractivity contribution in [1.82, 2.24) is 20.0 Å². The van der Waals surface area contributed by atoms with Crippen LogP contribution in [-0.2, 0) is 12.8 Å². The molecular weight excluding hydrogens is 392 g/mol. The SMILES string of the molecule is O=c1ccc(N2CCCCC2CNc2cc3c(nn2)CCC3)nn1C1CCCCC1O. The zero-order chi connectivity index (χ0) is 21.2. The maximum absolute atomic E-state index is 12.5. The van der Waals surface area contributed by atoms with E-state index in [4.69, 9.17) is 5.10 Å². The molecule has 3 unspecified atom stereocenters. The first-order valence-electron chi connectivity index (χ1n) is 11.8. The van der Waals surface area contributed by atoms with Crippen LogP contribution in [0, 0.1) is 0 Å². The number of rotatable bonds is 5. The molecule has 2 aromatic rings. The van der Waals surface area contributed by atoms with Crippen LogP contribution in [0.25, 0.3) is 0 Å². The van der Waals surface area contributed by atoms with Crippen LogP contribution in [0.5, 0.6) is 0 Å². The number of piperidine rings is 1. The molecule has 0 aromatic carbocycles. The summed E-state index contributed by atoms with van der Waals surface area (Å²) in [6.07, 6.45) is 9.74. The first-order valence-corrected chi connectivity index (χ1v) is 11.8. The Morgan fingerprint density at radius 2 is 1.90 bits per heavy atom. The standard InChI is InChI=1S/C23H32N6O2/c30-20-10-2-1-9-19(20)29-23(31)12-11-22(27-29)28-13-4-3-7-17(28)15-24-21-14-16-6-5-8-18(16)25-26-21/h11-12,14,17,19-20,30H,1-10,13,15H2,(H,24,26). The van der Waals surface area contributed by atoms with Crippen molar-refractivity contribution < 1.29 is 5.11 Å². The van der Waals surface area contributed by atoms with Crippen molar-refractivity contribution in [1.29, 1.82) is 0 Å². The summed E-state index contributed by atoms with van der Waals surface area (Å²) in [6, 6.07) is 5.64. The summed E-state index contributed by atoms with van der Waals surface area (Å²) in [7, 11) is 0. The summed E-state index contributed by atoms with van der Waals surface area (Å²) in [4.78, 5) is 14.8. The number of aliphatic hydroxyl groups excluding tert-OH is 1. The third-order valence-electron chi connectivity index (χ3n) is 7.08. The van der Waals surface area contributed by atoms with Crippen LogP contribution in [0.1, 0.15) is 68.7 Å². The van der Waals surface area contributed by atoms with Crippen molar-refractivity contribution in [2.24, 2.45) is 0 Å². The normalized spacial score (nSPS) is 26.0. The minimum atomic E-state index is -0.494. The largest absolute Gasteiger partial charge is 0.391 e. The number of nitrogens with zero attached hydrogens (tertiary/aromatic N) is 5. The van der Waals surface area contributed by atoms with E-state index >= 15 is 0 Å². The lowest BCUT2D eigenvalue weighted by molar-refractivity contribution is 0.0669. The molecule has 0 amide bonds. The fraction of sp³-hybridized carbons (Fsp3) is 0.652. The van der Waals surface area contributed by atoms with Gasteiger partial charge in [0.25, 0.3) is 5.56 Å². The summed E-state index contributed by atoms with van der Waals surface area (Å²) in [5, 5.41) is 27.4. The van der Waals surface area contributed by atoms with E-state index in [1.807, 2.05) is 6.07 Å².